The van der Waals surface area contributed by atoms with Gasteiger partial charge in [0.15, 0.2) is 5.82 Å². The first kappa shape index (κ1) is 10.9. The summed E-state index contributed by atoms with van der Waals surface area (Å²) in [6.45, 7) is 0. The molecule has 0 saturated carbocycles. The van der Waals surface area contributed by atoms with E-state index in [2.05, 4.69) is 10.4 Å². The van der Waals surface area contributed by atoms with Gasteiger partial charge in [-0.15, -0.1) is 5.10 Å². The molecule has 0 unspecified atom stereocenters. The number of anilines is 1. The molecule has 0 radical (unpaired) electrons. The number of carbonyl (C=O) groups is 1. The van der Waals surface area contributed by atoms with Crippen molar-refractivity contribution >= 4 is 28.5 Å². The molecule has 0 fully saturated rings. The van der Waals surface area contributed by atoms with Crippen molar-refractivity contribution in [2.45, 2.75) is 0 Å². The third kappa shape index (κ3) is 1.65. The molecule has 2 aromatic rings. The highest BCUT2D eigenvalue weighted by atomic mass is 16.6. The van der Waals surface area contributed by atoms with E-state index in [4.69, 9.17) is 5.11 Å². The van der Waals surface area contributed by atoms with Crippen LogP contribution in [0.25, 0.3) is 10.9 Å². The standard InChI is InChI=1S/C9H8N4O4/c1-10-8-6-4-5(13(16)17)2-3-7(6)12(11-8)9(14)15/h2-4H,1H3,(H,10,11)(H,14,15). The van der Waals surface area contributed by atoms with Gasteiger partial charge in [-0.05, 0) is 6.07 Å². The minimum Gasteiger partial charge on any atom is -0.463 e. The molecule has 0 saturated heterocycles. The summed E-state index contributed by atoms with van der Waals surface area (Å²) in [6, 6.07) is 3.88. The second-order valence-corrected chi connectivity index (χ2v) is 3.25. The van der Waals surface area contributed by atoms with Crippen LogP contribution in [0.3, 0.4) is 0 Å². The van der Waals surface area contributed by atoms with Crippen LogP contribution in [0.15, 0.2) is 18.2 Å². The maximum atomic E-state index is 10.9. The lowest BCUT2D eigenvalue weighted by Gasteiger charge is -1.95. The average Bonchev–Trinajstić information content (AvgIpc) is 2.66. The lowest BCUT2D eigenvalue weighted by atomic mass is 10.2. The molecule has 0 spiro atoms. The fraction of sp³-hybridized carbons (Fsp3) is 0.111. The number of fused-ring (bicyclic) bond motifs is 1. The second-order valence-electron chi connectivity index (χ2n) is 3.25. The molecule has 0 atom stereocenters. The normalized spacial score (nSPS) is 10.4. The molecule has 8 heteroatoms. The number of nitro groups is 1. The maximum Gasteiger partial charge on any atom is 0.432 e. The van der Waals surface area contributed by atoms with Crippen LogP contribution in [0.4, 0.5) is 16.3 Å². The van der Waals surface area contributed by atoms with E-state index in [1.54, 1.807) is 7.05 Å². The van der Waals surface area contributed by atoms with Crippen molar-refractivity contribution in [2.24, 2.45) is 0 Å². The van der Waals surface area contributed by atoms with E-state index in [0.29, 0.717) is 10.9 Å². The Morgan fingerprint density at radius 1 is 1.59 bits per heavy atom. The average molecular weight is 236 g/mol. The first-order valence-electron chi connectivity index (χ1n) is 4.63. The molecule has 17 heavy (non-hydrogen) atoms. The smallest absolute Gasteiger partial charge is 0.432 e. The van der Waals surface area contributed by atoms with E-state index in [1.807, 2.05) is 0 Å². The third-order valence-electron chi connectivity index (χ3n) is 2.29. The van der Waals surface area contributed by atoms with Crippen LogP contribution in [0.1, 0.15) is 0 Å². The lowest BCUT2D eigenvalue weighted by Crippen LogP contribution is -2.09. The number of nitrogens with one attached hydrogen (secondary N) is 1. The molecule has 0 aliphatic heterocycles. The van der Waals surface area contributed by atoms with Gasteiger partial charge >= 0.3 is 6.09 Å². The topological polar surface area (TPSA) is 110 Å². The Morgan fingerprint density at radius 2 is 2.29 bits per heavy atom. The summed E-state index contributed by atoms with van der Waals surface area (Å²) in [5.41, 5.74) is 0.186. The quantitative estimate of drug-likeness (QED) is 0.604. The van der Waals surface area contributed by atoms with E-state index in [9.17, 15) is 14.9 Å². The number of hydrogen-bond donors (Lipinski definition) is 2. The van der Waals surface area contributed by atoms with E-state index >= 15 is 0 Å². The molecule has 1 heterocycles. The molecule has 1 aromatic heterocycles. The van der Waals surface area contributed by atoms with Gasteiger partial charge in [-0.2, -0.15) is 4.68 Å². The van der Waals surface area contributed by atoms with Gasteiger partial charge in [-0.3, -0.25) is 10.1 Å². The number of carboxylic acid groups (broad SMARTS) is 1. The number of nitrogens with zero attached hydrogens (tertiary/aromatic N) is 3. The van der Waals surface area contributed by atoms with Crippen molar-refractivity contribution in [1.82, 2.24) is 9.78 Å². The van der Waals surface area contributed by atoms with Crippen molar-refractivity contribution in [1.29, 1.82) is 0 Å². The molecule has 0 aliphatic rings. The Balaban J connectivity index is 2.76. The van der Waals surface area contributed by atoms with Crippen molar-refractivity contribution in [3.05, 3.63) is 28.3 Å². The monoisotopic (exact) mass is 236 g/mol. The second kappa shape index (κ2) is 3.74. The van der Waals surface area contributed by atoms with E-state index < -0.39 is 11.0 Å². The molecule has 2 rings (SSSR count). The first-order chi connectivity index (χ1) is 8.04. The van der Waals surface area contributed by atoms with E-state index in [-0.39, 0.29) is 11.5 Å². The largest absolute Gasteiger partial charge is 0.463 e. The van der Waals surface area contributed by atoms with Crippen LogP contribution in [-0.2, 0) is 0 Å². The van der Waals surface area contributed by atoms with Gasteiger partial charge in [0.05, 0.1) is 15.8 Å². The van der Waals surface area contributed by atoms with Crippen LogP contribution >= 0.6 is 0 Å². The van der Waals surface area contributed by atoms with Crippen molar-refractivity contribution in [2.75, 3.05) is 12.4 Å². The van der Waals surface area contributed by atoms with Gasteiger partial charge in [-0.1, -0.05) is 0 Å². The molecule has 0 amide bonds. The zero-order valence-corrected chi connectivity index (χ0v) is 8.75. The van der Waals surface area contributed by atoms with Crippen LogP contribution in [0, 0.1) is 10.1 Å². The van der Waals surface area contributed by atoms with E-state index in [0.717, 1.165) is 4.68 Å². The summed E-state index contributed by atoms with van der Waals surface area (Å²) in [6.07, 6.45) is -1.25. The summed E-state index contributed by atoms with van der Waals surface area (Å²) in [4.78, 5) is 21.0. The number of non-ortho nitro benzene ring substituents is 1. The number of benzene rings is 1. The maximum absolute atomic E-state index is 10.9. The van der Waals surface area contributed by atoms with Crippen LogP contribution in [-0.4, -0.2) is 33.0 Å². The Kier molecular flexibility index (Phi) is 2.39. The molecular formula is C9H8N4O4. The summed E-state index contributed by atoms with van der Waals surface area (Å²) in [5.74, 6) is 0.283. The number of hydrogen-bond acceptors (Lipinski definition) is 5. The zero-order valence-electron chi connectivity index (χ0n) is 8.75. The Bertz CT molecular complexity index is 619. The highest BCUT2D eigenvalue weighted by Gasteiger charge is 2.17. The van der Waals surface area contributed by atoms with Crippen molar-refractivity contribution in [3.63, 3.8) is 0 Å². The van der Waals surface area contributed by atoms with Gasteiger partial charge in [0.2, 0.25) is 0 Å². The molecule has 1 aromatic carbocycles. The number of aromatic nitrogens is 2. The van der Waals surface area contributed by atoms with E-state index in [1.165, 1.54) is 18.2 Å². The van der Waals surface area contributed by atoms with Crippen LogP contribution < -0.4 is 5.32 Å². The van der Waals surface area contributed by atoms with Gasteiger partial charge in [-0.25, -0.2) is 4.79 Å². The SMILES string of the molecule is CNc1nn(C(=O)O)c2ccc([N+](=O)[O-])cc12. The predicted molar refractivity (Wildman–Crippen MR) is 59.4 cm³/mol. The highest BCUT2D eigenvalue weighted by molar-refractivity contribution is 5.96. The summed E-state index contributed by atoms with van der Waals surface area (Å²) in [5, 5.41) is 26.4. The minimum absolute atomic E-state index is 0.112. The fourth-order valence-electron chi connectivity index (χ4n) is 1.55. The molecule has 0 aliphatic carbocycles. The number of nitro benzene ring substituents is 1. The molecular weight excluding hydrogens is 228 g/mol. The summed E-state index contributed by atoms with van der Waals surface area (Å²) in [7, 11) is 1.56. The molecule has 0 bridgehead atoms. The van der Waals surface area contributed by atoms with Crippen LogP contribution in [0.2, 0.25) is 0 Å². The van der Waals surface area contributed by atoms with Gasteiger partial charge in [0.25, 0.3) is 5.69 Å². The van der Waals surface area contributed by atoms with Gasteiger partial charge in [0.1, 0.15) is 0 Å². The third-order valence-corrected chi connectivity index (χ3v) is 2.29. The molecule has 88 valence electrons. The Hall–Kier alpha value is -2.64. The Morgan fingerprint density at radius 3 is 2.82 bits per heavy atom. The Labute approximate surface area is 94.6 Å². The lowest BCUT2D eigenvalue weighted by molar-refractivity contribution is -0.384. The summed E-state index contributed by atoms with van der Waals surface area (Å²) < 4.78 is 0.769. The van der Waals surface area contributed by atoms with Gasteiger partial charge < -0.3 is 10.4 Å². The van der Waals surface area contributed by atoms with Gasteiger partial charge in [0, 0.05) is 19.2 Å². The highest BCUT2D eigenvalue weighted by Crippen LogP contribution is 2.26. The van der Waals surface area contributed by atoms with Crippen molar-refractivity contribution < 1.29 is 14.8 Å². The molecule has 8 nitrogen and oxygen atoms in total. The predicted octanol–water partition coefficient (Wildman–Crippen LogP) is 1.51. The fourth-order valence-corrected chi connectivity index (χ4v) is 1.55. The first-order valence-corrected chi connectivity index (χ1v) is 4.63. The summed E-state index contributed by atoms with van der Waals surface area (Å²) >= 11 is 0. The zero-order chi connectivity index (χ0) is 12.6. The van der Waals surface area contributed by atoms with Crippen molar-refractivity contribution in [3.8, 4) is 0 Å². The minimum atomic E-state index is -1.25. The number of rotatable bonds is 2. The molecule has 2 N–H and O–H groups in total. The van der Waals surface area contributed by atoms with Crippen LogP contribution in [0.5, 0.6) is 0 Å².